The van der Waals surface area contributed by atoms with Crippen LogP contribution in [0.15, 0.2) is 17.0 Å². The van der Waals surface area contributed by atoms with Gasteiger partial charge in [-0.2, -0.15) is 0 Å². The molecule has 122 valence electrons. The summed E-state index contributed by atoms with van der Waals surface area (Å²) in [5.41, 5.74) is 1.55. The number of thiophene rings is 1. The molecule has 2 aromatic rings. The first-order valence-corrected chi connectivity index (χ1v) is 8.58. The van der Waals surface area contributed by atoms with E-state index in [9.17, 15) is 9.59 Å². The Morgan fingerprint density at radius 1 is 1.43 bits per heavy atom. The lowest BCUT2D eigenvalue weighted by Gasteiger charge is -2.20. The fourth-order valence-electron chi connectivity index (χ4n) is 2.40. The summed E-state index contributed by atoms with van der Waals surface area (Å²) in [6.45, 7) is 2.78. The number of nitrogens with one attached hydrogen (secondary N) is 1. The van der Waals surface area contributed by atoms with Gasteiger partial charge in [-0.15, -0.1) is 16.4 Å². The molecule has 0 spiro atoms. The number of aromatic nitrogens is 3. The van der Waals surface area contributed by atoms with Crippen LogP contribution in [0.3, 0.4) is 0 Å². The number of carbonyl (C=O) groups excluding carboxylic acids is 2. The van der Waals surface area contributed by atoms with E-state index in [4.69, 9.17) is 4.74 Å². The zero-order valence-corrected chi connectivity index (χ0v) is 13.6. The summed E-state index contributed by atoms with van der Waals surface area (Å²) in [6, 6.07) is -0.489. The van der Waals surface area contributed by atoms with E-state index < -0.39 is 6.04 Å². The van der Waals surface area contributed by atoms with Gasteiger partial charge in [-0.05, 0) is 12.8 Å². The summed E-state index contributed by atoms with van der Waals surface area (Å²) in [5, 5.41) is 14.4. The number of imide groups is 1. The fraction of sp³-hybridized carbons (Fsp3) is 0.467. The number of ether oxygens (including phenoxy) is 1. The van der Waals surface area contributed by atoms with Gasteiger partial charge in [-0.1, -0.05) is 18.6 Å². The van der Waals surface area contributed by atoms with Gasteiger partial charge in [-0.3, -0.25) is 14.9 Å². The fourth-order valence-corrected chi connectivity index (χ4v) is 3.16. The topological polar surface area (TPSA) is 86.1 Å². The number of hydrogen-bond acceptors (Lipinski definition) is 6. The molecule has 1 unspecified atom stereocenters. The summed E-state index contributed by atoms with van der Waals surface area (Å²) in [7, 11) is 0. The Morgan fingerprint density at radius 2 is 2.30 bits per heavy atom. The lowest BCUT2D eigenvalue weighted by molar-refractivity contribution is -0.136. The number of carbonyl (C=O) groups is 2. The Labute approximate surface area is 137 Å². The molecule has 3 rings (SSSR count). The summed E-state index contributed by atoms with van der Waals surface area (Å²) in [4.78, 5) is 23.1. The highest BCUT2D eigenvalue weighted by Gasteiger charge is 2.29. The van der Waals surface area contributed by atoms with Gasteiger partial charge < -0.3 is 4.74 Å². The van der Waals surface area contributed by atoms with E-state index in [-0.39, 0.29) is 11.8 Å². The number of piperidine rings is 1. The second kappa shape index (κ2) is 6.91. The second-order valence-electron chi connectivity index (χ2n) is 5.40. The molecule has 1 aliphatic rings. The van der Waals surface area contributed by atoms with Crippen molar-refractivity contribution in [2.75, 3.05) is 6.61 Å². The highest BCUT2D eigenvalue weighted by Crippen LogP contribution is 2.33. The molecule has 0 aromatic carbocycles. The monoisotopic (exact) mass is 334 g/mol. The molecule has 23 heavy (non-hydrogen) atoms. The number of unbranched alkanes of at least 4 members (excludes halogenated alkanes) is 1. The predicted molar refractivity (Wildman–Crippen MR) is 85.2 cm³/mol. The Morgan fingerprint density at radius 3 is 3.09 bits per heavy atom. The maximum atomic E-state index is 11.9. The van der Waals surface area contributed by atoms with Crippen LogP contribution in [0.1, 0.15) is 38.6 Å². The van der Waals surface area contributed by atoms with E-state index in [2.05, 4.69) is 22.6 Å². The largest absolute Gasteiger partial charge is 0.492 e. The molecule has 0 aliphatic carbocycles. The molecule has 3 heterocycles. The molecule has 7 nitrogen and oxygen atoms in total. The lowest BCUT2D eigenvalue weighted by Crippen LogP contribution is -2.41. The molecule has 2 aromatic heterocycles. The number of hydrogen-bond donors (Lipinski definition) is 1. The van der Waals surface area contributed by atoms with Gasteiger partial charge in [-0.25, -0.2) is 4.68 Å². The lowest BCUT2D eigenvalue weighted by atomic mass is 10.1. The van der Waals surface area contributed by atoms with Gasteiger partial charge in [0.25, 0.3) is 5.91 Å². The SMILES string of the molecule is CCCCOc1cscc1-c1cn(C2CCC(=O)NC2=O)nn1. The molecular formula is C15H18N4O3S. The highest BCUT2D eigenvalue weighted by molar-refractivity contribution is 7.08. The number of amides is 2. The van der Waals surface area contributed by atoms with Crippen LogP contribution in [0.4, 0.5) is 0 Å². The molecule has 1 aliphatic heterocycles. The molecule has 0 saturated carbocycles. The van der Waals surface area contributed by atoms with Crippen molar-refractivity contribution in [2.24, 2.45) is 0 Å². The molecule has 1 N–H and O–H groups in total. The molecule has 1 atom stereocenters. The Bertz CT molecular complexity index is 709. The Balaban J connectivity index is 1.76. The third-order valence-corrected chi connectivity index (χ3v) is 4.42. The van der Waals surface area contributed by atoms with Gasteiger partial charge in [0.05, 0.1) is 18.4 Å². The van der Waals surface area contributed by atoms with Crippen LogP contribution in [0, 0.1) is 0 Å². The minimum absolute atomic E-state index is 0.240. The normalized spacial score (nSPS) is 18.0. The average Bonchev–Trinajstić information content (AvgIpc) is 3.16. The van der Waals surface area contributed by atoms with Crippen LogP contribution in [-0.2, 0) is 9.59 Å². The molecule has 0 radical (unpaired) electrons. The first kappa shape index (κ1) is 15.7. The minimum atomic E-state index is -0.489. The predicted octanol–water partition coefficient (Wildman–Crippen LogP) is 2.16. The third kappa shape index (κ3) is 3.42. The zero-order chi connectivity index (χ0) is 16.2. The smallest absolute Gasteiger partial charge is 0.251 e. The molecule has 2 amide bonds. The van der Waals surface area contributed by atoms with Crippen molar-refractivity contribution < 1.29 is 14.3 Å². The van der Waals surface area contributed by atoms with Gasteiger partial charge >= 0.3 is 0 Å². The maximum Gasteiger partial charge on any atom is 0.251 e. The summed E-state index contributed by atoms with van der Waals surface area (Å²) < 4.78 is 7.29. The van der Waals surface area contributed by atoms with E-state index in [0.29, 0.717) is 25.1 Å². The first-order valence-electron chi connectivity index (χ1n) is 7.64. The highest BCUT2D eigenvalue weighted by atomic mass is 32.1. The first-order chi connectivity index (χ1) is 11.2. The second-order valence-corrected chi connectivity index (χ2v) is 6.15. The molecule has 8 heteroatoms. The summed E-state index contributed by atoms with van der Waals surface area (Å²) in [6.07, 6.45) is 4.56. The van der Waals surface area contributed by atoms with E-state index in [1.165, 1.54) is 16.0 Å². The van der Waals surface area contributed by atoms with Gasteiger partial charge in [0.1, 0.15) is 17.5 Å². The van der Waals surface area contributed by atoms with Crippen molar-refractivity contribution in [1.29, 1.82) is 0 Å². The molecule has 0 bridgehead atoms. The quantitative estimate of drug-likeness (QED) is 0.646. The average molecular weight is 334 g/mol. The van der Waals surface area contributed by atoms with Gasteiger partial charge in [0.2, 0.25) is 5.91 Å². The van der Waals surface area contributed by atoms with E-state index >= 15 is 0 Å². The zero-order valence-electron chi connectivity index (χ0n) is 12.8. The van der Waals surface area contributed by atoms with Crippen LogP contribution in [0.2, 0.25) is 0 Å². The minimum Gasteiger partial charge on any atom is -0.492 e. The van der Waals surface area contributed by atoms with Crippen molar-refractivity contribution >= 4 is 23.2 Å². The number of rotatable bonds is 6. The van der Waals surface area contributed by atoms with E-state index in [1.807, 2.05) is 10.8 Å². The van der Waals surface area contributed by atoms with Crippen LogP contribution < -0.4 is 10.1 Å². The summed E-state index contributed by atoms with van der Waals surface area (Å²) >= 11 is 1.54. The van der Waals surface area contributed by atoms with Gasteiger partial charge in [0, 0.05) is 17.2 Å². The van der Waals surface area contributed by atoms with Crippen molar-refractivity contribution in [1.82, 2.24) is 20.3 Å². The van der Waals surface area contributed by atoms with E-state index in [0.717, 1.165) is 24.2 Å². The molecular weight excluding hydrogens is 316 g/mol. The molecule has 1 fully saturated rings. The standard InChI is InChI=1S/C15H18N4O3S/c1-2-3-6-22-13-9-23-8-10(13)11-7-19(18-17-11)12-4-5-14(20)16-15(12)21/h7-9,12H,2-6H2,1H3,(H,16,20,21). The van der Waals surface area contributed by atoms with Gasteiger partial charge in [0.15, 0.2) is 0 Å². The van der Waals surface area contributed by atoms with Crippen molar-refractivity contribution in [2.45, 2.75) is 38.6 Å². The third-order valence-electron chi connectivity index (χ3n) is 3.70. The van der Waals surface area contributed by atoms with Crippen molar-refractivity contribution in [3.63, 3.8) is 0 Å². The van der Waals surface area contributed by atoms with Crippen molar-refractivity contribution in [3.8, 4) is 17.0 Å². The Hall–Kier alpha value is -2.22. The van der Waals surface area contributed by atoms with Crippen LogP contribution in [0.25, 0.3) is 11.3 Å². The Kier molecular flexibility index (Phi) is 4.71. The maximum absolute atomic E-state index is 11.9. The number of nitrogens with zero attached hydrogens (tertiary/aromatic N) is 3. The van der Waals surface area contributed by atoms with Crippen LogP contribution in [0.5, 0.6) is 5.75 Å². The van der Waals surface area contributed by atoms with Crippen LogP contribution in [-0.4, -0.2) is 33.4 Å². The van der Waals surface area contributed by atoms with E-state index in [1.54, 1.807) is 6.20 Å². The van der Waals surface area contributed by atoms with Crippen LogP contribution >= 0.6 is 11.3 Å². The molecule has 1 saturated heterocycles. The van der Waals surface area contributed by atoms with Crippen molar-refractivity contribution in [3.05, 3.63) is 17.0 Å². The summed E-state index contributed by atoms with van der Waals surface area (Å²) in [5.74, 6) is 0.220.